The van der Waals surface area contributed by atoms with E-state index in [9.17, 15) is 4.79 Å². The van der Waals surface area contributed by atoms with Crippen molar-refractivity contribution >= 4 is 33.7 Å². The molecule has 3 heterocycles. The average molecular weight is 384 g/mol. The van der Waals surface area contributed by atoms with Crippen molar-refractivity contribution in [1.82, 2.24) is 10.3 Å². The zero-order valence-electron chi connectivity index (χ0n) is 14.4. The predicted molar refractivity (Wildman–Crippen MR) is 109 cm³/mol. The van der Waals surface area contributed by atoms with E-state index in [-0.39, 0.29) is 5.91 Å². The summed E-state index contributed by atoms with van der Waals surface area (Å²) in [7, 11) is 0. The number of piperidine rings is 1. The SMILES string of the molecule is O=C(NCC1CCCN(c2nccs2)C1)c1ccc(-c2cccs2)cc1. The minimum absolute atomic E-state index is 0.00843. The van der Waals surface area contributed by atoms with Gasteiger partial charge in [-0.05, 0) is 47.9 Å². The lowest BCUT2D eigenvalue weighted by Crippen LogP contribution is -2.41. The van der Waals surface area contributed by atoms with Crippen molar-refractivity contribution in [3.63, 3.8) is 0 Å². The van der Waals surface area contributed by atoms with E-state index in [2.05, 4.69) is 26.6 Å². The molecule has 1 atom stereocenters. The molecule has 1 N–H and O–H groups in total. The fourth-order valence-electron chi connectivity index (χ4n) is 3.35. The first-order chi connectivity index (χ1) is 12.8. The van der Waals surface area contributed by atoms with Crippen LogP contribution in [-0.4, -0.2) is 30.5 Å². The second kappa shape index (κ2) is 8.01. The normalized spacial score (nSPS) is 17.2. The van der Waals surface area contributed by atoms with Crippen molar-refractivity contribution in [3.8, 4) is 10.4 Å². The van der Waals surface area contributed by atoms with Crippen LogP contribution in [0.1, 0.15) is 23.2 Å². The van der Waals surface area contributed by atoms with E-state index in [0.717, 1.165) is 42.2 Å². The second-order valence-corrected chi connectivity index (χ2v) is 8.35. The molecule has 1 saturated heterocycles. The van der Waals surface area contributed by atoms with E-state index in [1.165, 1.54) is 4.88 Å². The highest BCUT2D eigenvalue weighted by Crippen LogP contribution is 2.26. The number of carbonyl (C=O) groups is 1. The summed E-state index contributed by atoms with van der Waals surface area (Å²) in [6.07, 6.45) is 4.15. The smallest absolute Gasteiger partial charge is 0.251 e. The molecule has 1 fully saturated rings. The summed E-state index contributed by atoms with van der Waals surface area (Å²) in [6.45, 7) is 2.74. The lowest BCUT2D eigenvalue weighted by atomic mass is 9.98. The summed E-state index contributed by atoms with van der Waals surface area (Å²) in [5.74, 6) is 0.482. The van der Waals surface area contributed by atoms with Gasteiger partial charge in [-0.2, -0.15) is 0 Å². The standard InChI is InChI=1S/C20H21N3OS2/c24-19(17-7-5-16(6-8-17)18-4-2-11-25-18)22-13-15-3-1-10-23(14-15)20-21-9-12-26-20/h2,4-9,11-12,15H,1,3,10,13-14H2,(H,22,24). The Bertz CT molecular complexity index is 829. The Hall–Kier alpha value is -2.18. The molecule has 1 aliphatic rings. The van der Waals surface area contributed by atoms with Crippen LogP contribution in [0, 0.1) is 5.92 Å². The maximum Gasteiger partial charge on any atom is 0.251 e. The van der Waals surface area contributed by atoms with Gasteiger partial charge in [-0.15, -0.1) is 22.7 Å². The van der Waals surface area contributed by atoms with Crippen molar-refractivity contribution in [2.45, 2.75) is 12.8 Å². The minimum Gasteiger partial charge on any atom is -0.352 e. The third kappa shape index (κ3) is 3.97. The Kier molecular flexibility index (Phi) is 5.32. The highest BCUT2D eigenvalue weighted by molar-refractivity contribution is 7.13. The number of thiazole rings is 1. The quantitative estimate of drug-likeness (QED) is 0.705. The number of hydrogen-bond acceptors (Lipinski definition) is 5. The van der Waals surface area contributed by atoms with Gasteiger partial charge in [-0.25, -0.2) is 4.98 Å². The molecule has 4 rings (SSSR count). The zero-order valence-corrected chi connectivity index (χ0v) is 16.1. The minimum atomic E-state index is 0.00843. The number of anilines is 1. The lowest BCUT2D eigenvalue weighted by molar-refractivity contribution is 0.0945. The van der Waals surface area contributed by atoms with Gasteiger partial charge in [-0.1, -0.05) is 18.2 Å². The average Bonchev–Trinajstić information content (AvgIpc) is 3.40. The molecular weight excluding hydrogens is 362 g/mol. The van der Waals surface area contributed by atoms with Crippen LogP contribution in [0.5, 0.6) is 0 Å². The van der Waals surface area contributed by atoms with Gasteiger partial charge in [0.25, 0.3) is 5.91 Å². The van der Waals surface area contributed by atoms with Crippen LogP contribution in [-0.2, 0) is 0 Å². The predicted octanol–water partition coefficient (Wildman–Crippen LogP) is 4.52. The van der Waals surface area contributed by atoms with Crippen LogP contribution in [0.15, 0.2) is 53.4 Å². The van der Waals surface area contributed by atoms with E-state index in [0.29, 0.717) is 12.5 Å². The number of rotatable bonds is 5. The molecule has 1 unspecified atom stereocenters. The van der Waals surface area contributed by atoms with Crippen molar-refractivity contribution in [3.05, 3.63) is 58.9 Å². The fourth-order valence-corrected chi connectivity index (χ4v) is 4.76. The molecule has 0 saturated carbocycles. The van der Waals surface area contributed by atoms with Crippen LogP contribution in [0.25, 0.3) is 10.4 Å². The molecule has 26 heavy (non-hydrogen) atoms. The maximum atomic E-state index is 12.5. The van der Waals surface area contributed by atoms with E-state index in [4.69, 9.17) is 0 Å². The molecule has 0 bridgehead atoms. The highest BCUT2D eigenvalue weighted by Gasteiger charge is 2.22. The van der Waals surface area contributed by atoms with Crippen molar-refractivity contribution in [2.75, 3.05) is 24.5 Å². The van der Waals surface area contributed by atoms with Gasteiger partial charge in [0.15, 0.2) is 5.13 Å². The first kappa shape index (κ1) is 17.2. The Balaban J connectivity index is 1.32. The molecule has 1 amide bonds. The molecule has 4 nitrogen and oxygen atoms in total. The number of amides is 1. The number of benzene rings is 1. The van der Waals surface area contributed by atoms with Gasteiger partial charge in [0.05, 0.1) is 0 Å². The summed E-state index contributed by atoms with van der Waals surface area (Å²) < 4.78 is 0. The van der Waals surface area contributed by atoms with Gasteiger partial charge < -0.3 is 10.2 Å². The summed E-state index contributed by atoms with van der Waals surface area (Å²) in [4.78, 5) is 20.4. The first-order valence-corrected chi connectivity index (χ1v) is 10.6. The van der Waals surface area contributed by atoms with Crippen molar-refractivity contribution in [1.29, 1.82) is 0 Å². The Labute approximate surface area is 161 Å². The van der Waals surface area contributed by atoms with Crippen molar-refractivity contribution in [2.24, 2.45) is 5.92 Å². The Morgan fingerprint density at radius 3 is 2.81 bits per heavy atom. The zero-order chi connectivity index (χ0) is 17.8. The highest BCUT2D eigenvalue weighted by atomic mass is 32.1. The van der Waals surface area contributed by atoms with Gasteiger partial charge >= 0.3 is 0 Å². The summed E-state index contributed by atoms with van der Waals surface area (Å²) >= 11 is 3.39. The molecule has 0 radical (unpaired) electrons. The van der Waals surface area contributed by atoms with Gasteiger partial charge in [0.2, 0.25) is 0 Å². The molecule has 1 aliphatic heterocycles. The summed E-state index contributed by atoms with van der Waals surface area (Å²) in [5.41, 5.74) is 1.88. The van der Waals surface area contributed by atoms with Crippen LogP contribution < -0.4 is 10.2 Å². The number of thiophene rings is 1. The van der Waals surface area contributed by atoms with E-state index >= 15 is 0 Å². The molecule has 0 spiro atoms. The lowest BCUT2D eigenvalue weighted by Gasteiger charge is -2.32. The third-order valence-corrected chi connectivity index (χ3v) is 6.46. The Morgan fingerprint density at radius 2 is 2.08 bits per heavy atom. The third-order valence-electron chi connectivity index (χ3n) is 4.71. The van der Waals surface area contributed by atoms with Gasteiger partial charge in [-0.3, -0.25) is 4.79 Å². The molecule has 3 aromatic rings. The fraction of sp³-hybridized carbons (Fsp3) is 0.300. The number of aromatic nitrogens is 1. The summed E-state index contributed by atoms with van der Waals surface area (Å²) in [5, 5.41) is 8.28. The largest absolute Gasteiger partial charge is 0.352 e. The first-order valence-electron chi connectivity index (χ1n) is 8.86. The van der Waals surface area contributed by atoms with Crippen LogP contribution >= 0.6 is 22.7 Å². The maximum absolute atomic E-state index is 12.5. The van der Waals surface area contributed by atoms with Crippen LogP contribution in [0.4, 0.5) is 5.13 Å². The van der Waals surface area contributed by atoms with Gasteiger partial charge in [0.1, 0.15) is 0 Å². The van der Waals surface area contributed by atoms with Crippen LogP contribution in [0.2, 0.25) is 0 Å². The van der Waals surface area contributed by atoms with Crippen LogP contribution in [0.3, 0.4) is 0 Å². The molecule has 1 aromatic carbocycles. The second-order valence-electron chi connectivity index (χ2n) is 6.53. The van der Waals surface area contributed by atoms with Crippen molar-refractivity contribution < 1.29 is 4.79 Å². The topological polar surface area (TPSA) is 45.2 Å². The number of nitrogens with zero attached hydrogens (tertiary/aromatic N) is 2. The molecular formula is C20H21N3OS2. The van der Waals surface area contributed by atoms with E-state index in [1.807, 2.05) is 41.9 Å². The summed E-state index contributed by atoms with van der Waals surface area (Å²) in [6, 6.07) is 12.0. The number of carbonyl (C=O) groups excluding carboxylic acids is 1. The molecule has 0 aliphatic carbocycles. The molecule has 2 aromatic heterocycles. The van der Waals surface area contributed by atoms with Gasteiger partial charge in [0, 0.05) is 41.7 Å². The number of hydrogen-bond donors (Lipinski definition) is 1. The van der Waals surface area contributed by atoms with E-state index in [1.54, 1.807) is 22.7 Å². The Morgan fingerprint density at radius 1 is 1.19 bits per heavy atom. The molecule has 6 heteroatoms. The number of nitrogens with one attached hydrogen (secondary N) is 1. The van der Waals surface area contributed by atoms with E-state index < -0.39 is 0 Å². The molecule has 134 valence electrons. The monoisotopic (exact) mass is 383 g/mol.